The van der Waals surface area contributed by atoms with Crippen molar-refractivity contribution in [2.24, 2.45) is 5.73 Å². The molecule has 2 rings (SSSR count). The van der Waals surface area contributed by atoms with Gasteiger partial charge in [-0.15, -0.1) is 0 Å². The third kappa shape index (κ3) is 3.39. The molecule has 4 heteroatoms. The monoisotopic (exact) mass is 284 g/mol. The Bertz CT molecular complexity index is 664. The Hall–Kier alpha value is -2.38. The summed E-state index contributed by atoms with van der Waals surface area (Å²) in [5.74, 6) is 0.117. The minimum absolute atomic E-state index is 0.0228. The first-order chi connectivity index (χ1) is 10.2. The van der Waals surface area contributed by atoms with Gasteiger partial charge in [-0.2, -0.15) is 5.26 Å². The number of para-hydroxylation sites is 1. The summed E-state index contributed by atoms with van der Waals surface area (Å²) in [6, 6.07) is 13.9. The molecule has 1 atom stereocenters. The summed E-state index contributed by atoms with van der Waals surface area (Å²) in [5.41, 5.74) is 7.32. The van der Waals surface area contributed by atoms with Crippen molar-refractivity contribution in [1.29, 1.82) is 5.26 Å². The molecule has 2 aromatic carbocycles. The van der Waals surface area contributed by atoms with E-state index >= 15 is 0 Å². The van der Waals surface area contributed by atoms with Gasteiger partial charge >= 0.3 is 0 Å². The van der Waals surface area contributed by atoms with Crippen LogP contribution in [0.25, 0.3) is 0 Å². The molecule has 3 nitrogen and oxygen atoms in total. The van der Waals surface area contributed by atoms with E-state index in [2.05, 4.69) is 0 Å². The van der Waals surface area contributed by atoms with Crippen LogP contribution in [0.15, 0.2) is 42.5 Å². The Kier molecular flexibility index (Phi) is 4.91. The Morgan fingerprint density at radius 3 is 2.71 bits per heavy atom. The van der Waals surface area contributed by atoms with E-state index in [0.29, 0.717) is 11.3 Å². The van der Waals surface area contributed by atoms with Gasteiger partial charge in [0.1, 0.15) is 24.2 Å². The number of hydrogen-bond acceptors (Lipinski definition) is 3. The SMILES string of the molecule is CCC(N)c1ccccc1OCc1cccc(C#N)c1F. The van der Waals surface area contributed by atoms with Gasteiger partial charge in [0.25, 0.3) is 0 Å². The van der Waals surface area contributed by atoms with E-state index in [4.69, 9.17) is 15.7 Å². The van der Waals surface area contributed by atoms with Crippen LogP contribution in [-0.2, 0) is 6.61 Å². The van der Waals surface area contributed by atoms with Crippen LogP contribution in [0.2, 0.25) is 0 Å². The number of nitriles is 1. The highest BCUT2D eigenvalue weighted by Crippen LogP contribution is 2.26. The summed E-state index contributed by atoms with van der Waals surface area (Å²) >= 11 is 0. The molecule has 108 valence electrons. The van der Waals surface area contributed by atoms with Gasteiger partial charge in [0.2, 0.25) is 0 Å². The predicted octanol–water partition coefficient (Wildman–Crippen LogP) is 3.69. The van der Waals surface area contributed by atoms with Crippen molar-refractivity contribution in [2.45, 2.75) is 26.0 Å². The Morgan fingerprint density at radius 2 is 2.00 bits per heavy atom. The molecule has 0 aliphatic carbocycles. The summed E-state index contributed by atoms with van der Waals surface area (Å²) < 4.78 is 19.7. The molecule has 0 bridgehead atoms. The van der Waals surface area contributed by atoms with Gasteiger partial charge < -0.3 is 10.5 Å². The van der Waals surface area contributed by atoms with Crippen molar-refractivity contribution in [3.8, 4) is 11.8 Å². The van der Waals surface area contributed by atoms with Crippen molar-refractivity contribution in [3.05, 3.63) is 65.0 Å². The highest BCUT2D eigenvalue weighted by Gasteiger charge is 2.12. The zero-order chi connectivity index (χ0) is 15.2. The summed E-state index contributed by atoms with van der Waals surface area (Å²) in [4.78, 5) is 0. The molecule has 0 saturated carbocycles. The lowest BCUT2D eigenvalue weighted by Gasteiger charge is -2.16. The Morgan fingerprint density at radius 1 is 1.24 bits per heavy atom. The molecule has 0 spiro atoms. The number of nitrogens with zero attached hydrogens (tertiary/aromatic N) is 1. The van der Waals surface area contributed by atoms with E-state index in [1.54, 1.807) is 12.1 Å². The second-order valence-electron chi connectivity index (χ2n) is 4.73. The van der Waals surface area contributed by atoms with Crippen LogP contribution in [0.1, 0.15) is 36.1 Å². The van der Waals surface area contributed by atoms with Gasteiger partial charge in [0.15, 0.2) is 0 Å². The molecule has 2 N–H and O–H groups in total. The maximum atomic E-state index is 14.0. The molecule has 2 aromatic rings. The highest BCUT2D eigenvalue weighted by atomic mass is 19.1. The number of nitrogens with two attached hydrogens (primary N) is 1. The molecule has 0 saturated heterocycles. The van der Waals surface area contributed by atoms with Crippen molar-refractivity contribution in [2.75, 3.05) is 0 Å². The fourth-order valence-corrected chi connectivity index (χ4v) is 2.07. The van der Waals surface area contributed by atoms with Gasteiger partial charge in [-0.05, 0) is 18.6 Å². The van der Waals surface area contributed by atoms with E-state index in [-0.39, 0.29) is 18.2 Å². The minimum atomic E-state index is -0.530. The van der Waals surface area contributed by atoms with E-state index in [1.165, 1.54) is 6.07 Å². The van der Waals surface area contributed by atoms with Gasteiger partial charge in [-0.3, -0.25) is 0 Å². The Balaban J connectivity index is 2.20. The average molecular weight is 284 g/mol. The smallest absolute Gasteiger partial charge is 0.147 e. The quantitative estimate of drug-likeness (QED) is 0.911. The molecular formula is C17H17FN2O. The zero-order valence-corrected chi connectivity index (χ0v) is 11.8. The first-order valence-corrected chi connectivity index (χ1v) is 6.82. The maximum Gasteiger partial charge on any atom is 0.147 e. The molecule has 0 aromatic heterocycles. The summed E-state index contributed by atoms with van der Waals surface area (Å²) in [6.07, 6.45) is 0.790. The lowest BCUT2D eigenvalue weighted by molar-refractivity contribution is 0.294. The molecule has 0 radical (unpaired) electrons. The molecule has 0 fully saturated rings. The lowest BCUT2D eigenvalue weighted by Crippen LogP contribution is -2.11. The third-order valence-corrected chi connectivity index (χ3v) is 3.34. The third-order valence-electron chi connectivity index (χ3n) is 3.34. The van der Waals surface area contributed by atoms with Crippen LogP contribution >= 0.6 is 0 Å². The first-order valence-electron chi connectivity index (χ1n) is 6.82. The Labute approximate surface area is 123 Å². The molecule has 21 heavy (non-hydrogen) atoms. The van der Waals surface area contributed by atoms with E-state index in [9.17, 15) is 4.39 Å². The van der Waals surface area contributed by atoms with Crippen LogP contribution < -0.4 is 10.5 Å². The number of ether oxygens (including phenoxy) is 1. The highest BCUT2D eigenvalue weighted by molar-refractivity contribution is 5.37. The molecule has 0 amide bonds. The first kappa shape index (κ1) is 15.0. The molecule has 0 heterocycles. The van der Waals surface area contributed by atoms with Crippen LogP contribution in [0, 0.1) is 17.1 Å². The fraction of sp³-hybridized carbons (Fsp3) is 0.235. The number of benzene rings is 2. The van der Waals surface area contributed by atoms with Crippen LogP contribution in [0.5, 0.6) is 5.75 Å². The predicted molar refractivity (Wildman–Crippen MR) is 79.1 cm³/mol. The molecule has 0 aliphatic heterocycles. The van der Waals surface area contributed by atoms with Gasteiger partial charge in [-0.1, -0.05) is 37.3 Å². The van der Waals surface area contributed by atoms with Crippen molar-refractivity contribution in [3.63, 3.8) is 0 Å². The largest absolute Gasteiger partial charge is 0.488 e. The standard InChI is InChI=1S/C17H17FN2O/c1-2-15(20)14-8-3-4-9-16(14)21-11-13-7-5-6-12(10-19)17(13)18/h3-9,15H,2,11,20H2,1H3. The number of halogens is 1. The molecule has 0 aliphatic rings. The molecular weight excluding hydrogens is 267 g/mol. The second kappa shape index (κ2) is 6.87. The minimum Gasteiger partial charge on any atom is -0.488 e. The van der Waals surface area contributed by atoms with Crippen molar-refractivity contribution < 1.29 is 9.13 Å². The van der Waals surface area contributed by atoms with Crippen LogP contribution in [0.3, 0.4) is 0 Å². The second-order valence-corrected chi connectivity index (χ2v) is 4.73. The summed E-state index contributed by atoms with van der Waals surface area (Å²) in [7, 11) is 0. The normalized spacial score (nSPS) is 11.7. The number of rotatable bonds is 5. The average Bonchev–Trinajstić information content (AvgIpc) is 2.53. The van der Waals surface area contributed by atoms with E-state index in [0.717, 1.165) is 12.0 Å². The summed E-state index contributed by atoms with van der Waals surface area (Å²) in [6.45, 7) is 2.06. The van der Waals surface area contributed by atoms with E-state index in [1.807, 2.05) is 37.3 Å². The van der Waals surface area contributed by atoms with E-state index < -0.39 is 5.82 Å². The maximum absolute atomic E-state index is 14.0. The number of hydrogen-bond donors (Lipinski definition) is 1. The molecule has 1 unspecified atom stereocenters. The van der Waals surface area contributed by atoms with Gasteiger partial charge in [0.05, 0.1) is 5.56 Å². The van der Waals surface area contributed by atoms with Crippen molar-refractivity contribution in [1.82, 2.24) is 0 Å². The van der Waals surface area contributed by atoms with Gasteiger partial charge in [-0.25, -0.2) is 4.39 Å². The van der Waals surface area contributed by atoms with Crippen LogP contribution in [-0.4, -0.2) is 0 Å². The van der Waals surface area contributed by atoms with Gasteiger partial charge in [0, 0.05) is 17.2 Å². The lowest BCUT2D eigenvalue weighted by atomic mass is 10.0. The zero-order valence-electron chi connectivity index (χ0n) is 11.8. The van der Waals surface area contributed by atoms with Crippen LogP contribution in [0.4, 0.5) is 4.39 Å². The fourth-order valence-electron chi connectivity index (χ4n) is 2.07. The van der Waals surface area contributed by atoms with Crippen molar-refractivity contribution >= 4 is 0 Å². The summed E-state index contributed by atoms with van der Waals surface area (Å²) in [5, 5.41) is 8.83. The topological polar surface area (TPSA) is 59.0 Å².